The molecule has 0 unspecified atom stereocenters. The van der Waals surface area contributed by atoms with Crippen molar-refractivity contribution >= 4 is 34.1 Å². The Bertz CT molecular complexity index is 1180. The van der Waals surface area contributed by atoms with Gasteiger partial charge in [-0.1, -0.05) is 31.5 Å². The summed E-state index contributed by atoms with van der Waals surface area (Å²) in [5.74, 6) is -1.40. The van der Waals surface area contributed by atoms with Crippen molar-refractivity contribution < 1.29 is 19.1 Å². The van der Waals surface area contributed by atoms with E-state index in [-0.39, 0.29) is 17.0 Å². The number of aryl methyl sites for hydroxylation is 1. The van der Waals surface area contributed by atoms with Gasteiger partial charge in [0.15, 0.2) is 18.1 Å². The van der Waals surface area contributed by atoms with Gasteiger partial charge in [0.25, 0.3) is 11.5 Å². The molecule has 0 atom stereocenters. The predicted molar refractivity (Wildman–Crippen MR) is 116 cm³/mol. The molecule has 0 radical (unpaired) electrons. The number of nitrogens with zero attached hydrogens (tertiary/aromatic N) is 2. The molecule has 1 amide bonds. The molecule has 1 aromatic heterocycles. The number of Topliss-reactive ketones (excluding diaryl/α,β-unsaturated/α-hetero) is 1. The molecule has 31 heavy (non-hydrogen) atoms. The fourth-order valence-electron chi connectivity index (χ4n) is 3.03. The van der Waals surface area contributed by atoms with Crippen LogP contribution in [0.25, 0.3) is 10.8 Å². The van der Waals surface area contributed by atoms with Gasteiger partial charge in [0.1, 0.15) is 0 Å². The lowest BCUT2D eigenvalue weighted by Crippen LogP contribution is -2.27. The first-order chi connectivity index (χ1) is 14.9. The predicted octanol–water partition coefficient (Wildman–Crippen LogP) is 3.19. The lowest BCUT2D eigenvalue weighted by Gasteiger charge is -2.11. The molecule has 2 aromatic carbocycles. The zero-order valence-corrected chi connectivity index (χ0v) is 17.4. The topological polar surface area (TPSA) is 107 Å². The summed E-state index contributed by atoms with van der Waals surface area (Å²) in [5, 5.41) is 7.54. The van der Waals surface area contributed by atoms with Crippen LogP contribution in [0.4, 0.5) is 5.69 Å². The van der Waals surface area contributed by atoms with Crippen LogP contribution in [0.2, 0.25) is 0 Å². The number of ketones is 1. The Balaban J connectivity index is 1.73. The maximum absolute atomic E-state index is 12.7. The fourth-order valence-corrected chi connectivity index (χ4v) is 3.03. The minimum absolute atomic E-state index is 0.00934. The van der Waals surface area contributed by atoms with Crippen LogP contribution < -0.4 is 10.9 Å². The second-order valence-electron chi connectivity index (χ2n) is 7.03. The van der Waals surface area contributed by atoms with Crippen LogP contribution in [0.3, 0.4) is 0 Å². The number of benzene rings is 2. The highest BCUT2D eigenvalue weighted by molar-refractivity contribution is 6.03. The Morgan fingerprint density at radius 2 is 1.71 bits per heavy atom. The summed E-state index contributed by atoms with van der Waals surface area (Å²) in [6, 6.07) is 13.1. The summed E-state index contributed by atoms with van der Waals surface area (Å²) in [6.07, 6.45) is 1.61. The highest BCUT2D eigenvalue weighted by atomic mass is 16.5. The molecule has 0 saturated heterocycles. The molecule has 1 heterocycles. The molecule has 0 aliphatic rings. The normalized spacial score (nSPS) is 10.6. The van der Waals surface area contributed by atoms with E-state index in [0.717, 1.165) is 12.8 Å². The van der Waals surface area contributed by atoms with Gasteiger partial charge in [0.05, 0.1) is 5.39 Å². The Morgan fingerprint density at radius 1 is 1.03 bits per heavy atom. The monoisotopic (exact) mass is 421 g/mol. The third kappa shape index (κ3) is 5.22. The van der Waals surface area contributed by atoms with Gasteiger partial charge in [0.2, 0.25) is 0 Å². The minimum atomic E-state index is -0.788. The van der Waals surface area contributed by atoms with Crippen molar-refractivity contribution in [2.75, 3.05) is 11.9 Å². The maximum Gasteiger partial charge on any atom is 0.359 e. The van der Waals surface area contributed by atoms with Crippen molar-refractivity contribution in [1.82, 2.24) is 9.78 Å². The van der Waals surface area contributed by atoms with Gasteiger partial charge < -0.3 is 10.1 Å². The molecule has 0 aliphatic carbocycles. The van der Waals surface area contributed by atoms with Crippen LogP contribution in [0.5, 0.6) is 0 Å². The van der Waals surface area contributed by atoms with E-state index in [1.54, 1.807) is 48.5 Å². The van der Waals surface area contributed by atoms with E-state index in [0.29, 0.717) is 28.6 Å². The zero-order valence-electron chi connectivity index (χ0n) is 17.4. The standard InChI is InChI=1S/C23H23N3O5/c1-3-4-13-26-22(29)19-8-6-5-7-18(19)21(25-26)23(30)31-14-20(28)24-17-11-9-16(10-12-17)15(2)27/h5-12H,3-4,13-14H2,1-2H3,(H,24,28). The first-order valence-electron chi connectivity index (χ1n) is 9.98. The van der Waals surface area contributed by atoms with Crippen LogP contribution in [0, 0.1) is 0 Å². The summed E-state index contributed by atoms with van der Waals surface area (Å²) in [5.41, 5.74) is 0.723. The summed E-state index contributed by atoms with van der Waals surface area (Å²) in [4.78, 5) is 48.7. The summed E-state index contributed by atoms with van der Waals surface area (Å²) >= 11 is 0. The van der Waals surface area contributed by atoms with E-state index in [1.165, 1.54) is 11.6 Å². The highest BCUT2D eigenvalue weighted by Crippen LogP contribution is 2.15. The van der Waals surface area contributed by atoms with Gasteiger partial charge in [-0.25, -0.2) is 9.48 Å². The number of aromatic nitrogens is 2. The van der Waals surface area contributed by atoms with Gasteiger partial charge in [-0.15, -0.1) is 0 Å². The van der Waals surface area contributed by atoms with Crippen molar-refractivity contribution in [3.8, 4) is 0 Å². The zero-order chi connectivity index (χ0) is 22.4. The molecular formula is C23H23N3O5. The van der Waals surface area contributed by atoms with Crippen molar-refractivity contribution in [2.45, 2.75) is 33.2 Å². The number of hydrogen-bond donors (Lipinski definition) is 1. The summed E-state index contributed by atoms with van der Waals surface area (Å²) in [6.45, 7) is 3.32. The van der Waals surface area contributed by atoms with Gasteiger partial charge in [-0.2, -0.15) is 5.10 Å². The van der Waals surface area contributed by atoms with Crippen molar-refractivity contribution in [2.24, 2.45) is 0 Å². The lowest BCUT2D eigenvalue weighted by molar-refractivity contribution is -0.119. The molecule has 8 heteroatoms. The lowest BCUT2D eigenvalue weighted by atomic mass is 10.1. The van der Waals surface area contributed by atoms with Crippen LogP contribution in [-0.2, 0) is 16.1 Å². The number of hydrogen-bond acceptors (Lipinski definition) is 6. The fraction of sp³-hybridized carbons (Fsp3) is 0.261. The Hall–Kier alpha value is -3.81. The molecule has 0 bridgehead atoms. The van der Waals surface area contributed by atoms with Gasteiger partial charge in [-0.3, -0.25) is 14.4 Å². The number of ether oxygens (including phenoxy) is 1. The summed E-state index contributed by atoms with van der Waals surface area (Å²) < 4.78 is 6.41. The number of carbonyl (C=O) groups excluding carboxylic acids is 3. The Kier molecular flexibility index (Phi) is 6.92. The first-order valence-corrected chi connectivity index (χ1v) is 9.98. The Morgan fingerprint density at radius 3 is 2.35 bits per heavy atom. The number of anilines is 1. The van der Waals surface area contributed by atoms with Crippen LogP contribution in [0.1, 0.15) is 47.5 Å². The van der Waals surface area contributed by atoms with E-state index < -0.39 is 18.5 Å². The number of carbonyl (C=O) groups is 3. The van der Waals surface area contributed by atoms with Crippen molar-refractivity contribution in [1.29, 1.82) is 0 Å². The molecule has 0 saturated carbocycles. The van der Waals surface area contributed by atoms with Crippen LogP contribution in [0.15, 0.2) is 53.3 Å². The van der Waals surface area contributed by atoms with Gasteiger partial charge in [0, 0.05) is 23.2 Å². The Labute approximate surface area is 178 Å². The number of nitrogens with one attached hydrogen (secondary N) is 1. The highest BCUT2D eigenvalue weighted by Gasteiger charge is 2.19. The number of esters is 1. The van der Waals surface area contributed by atoms with E-state index in [4.69, 9.17) is 4.74 Å². The number of amides is 1. The minimum Gasteiger partial charge on any atom is -0.451 e. The molecular weight excluding hydrogens is 398 g/mol. The molecule has 8 nitrogen and oxygen atoms in total. The van der Waals surface area contributed by atoms with E-state index in [1.807, 2.05) is 6.92 Å². The molecule has 0 spiro atoms. The number of unbranched alkanes of at least 4 members (excludes halogenated alkanes) is 1. The third-order valence-electron chi connectivity index (χ3n) is 4.69. The number of fused-ring (bicyclic) bond motifs is 1. The second-order valence-corrected chi connectivity index (χ2v) is 7.03. The SMILES string of the molecule is CCCCn1nc(C(=O)OCC(=O)Nc2ccc(C(C)=O)cc2)c2ccccc2c1=O. The average molecular weight is 421 g/mol. The average Bonchev–Trinajstić information content (AvgIpc) is 2.77. The molecule has 3 aromatic rings. The second kappa shape index (κ2) is 9.80. The molecule has 1 N–H and O–H groups in total. The van der Waals surface area contributed by atoms with Crippen LogP contribution >= 0.6 is 0 Å². The third-order valence-corrected chi connectivity index (χ3v) is 4.69. The molecule has 160 valence electrons. The largest absolute Gasteiger partial charge is 0.451 e. The maximum atomic E-state index is 12.7. The van der Waals surface area contributed by atoms with E-state index in [2.05, 4.69) is 10.4 Å². The smallest absolute Gasteiger partial charge is 0.359 e. The van der Waals surface area contributed by atoms with E-state index >= 15 is 0 Å². The molecule has 0 fully saturated rings. The van der Waals surface area contributed by atoms with Crippen LogP contribution in [-0.4, -0.2) is 34.0 Å². The number of rotatable bonds is 8. The molecule has 0 aliphatic heterocycles. The quantitative estimate of drug-likeness (QED) is 0.442. The van der Waals surface area contributed by atoms with E-state index in [9.17, 15) is 19.2 Å². The first kappa shape index (κ1) is 21.9. The molecule has 3 rings (SSSR count). The summed E-state index contributed by atoms with van der Waals surface area (Å²) in [7, 11) is 0. The van der Waals surface area contributed by atoms with Crippen molar-refractivity contribution in [3.63, 3.8) is 0 Å². The van der Waals surface area contributed by atoms with Crippen molar-refractivity contribution in [3.05, 3.63) is 70.1 Å². The van der Waals surface area contributed by atoms with Gasteiger partial charge in [-0.05, 0) is 43.7 Å². The van der Waals surface area contributed by atoms with Gasteiger partial charge >= 0.3 is 5.97 Å².